The summed E-state index contributed by atoms with van der Waals surface area (Å²) >= 11 is 0. The SMILES string of the molecule is COc1cccc(C(=O)NCCNC(=O)O)c1OC. The first kappa shape index (κ1) is 14.6. The van der Waals surface area contributed by atoms with Gasteiger partial charge in [0.25, 0.3) is 5.91 Å². The van der Waals surface area contributed by atoms with E-state index in [1.54, 1.807) is 18.2 Å². The first-order chi connectivity index (χ1) is 9.10. The molecule has 0 aliphatic heterocycles. The summed E-state index contributed by atoms with van der Waals surface area (Å²) in [5.41, 5.74) is 0.331. The van der Waals surface area contributed by atoms with Crippen molar-refractivity contribution >= 4 is 12.0 Å². The van der Waals surface area contributed by atoms with Gasteiger partial charge in [-0.2, -0.15) is 0 Å². The number of carbonyl (C=O) groups is 2. The number of carboxylic acid groups (broad SMARTS) is 1. The Morgan fingerprint density at radius 1 is 1.16 bits per heavy atom. The second-order valence-electron chi connectivity index (χ2n) is 3.53. The van der Waals surface area contributed by atoms with Crippen LogP contribution in [0.2, 0.25) is 0 Å². The van der Waals surface area contributed by atoms with Gasteiger partial charge in [0.05, 0.1) is 19.8 Å². The van der Waals surface area contributed by atoms with Gasteiger partial charge in [0.1, 0.15) is 0 Å². The minimum atomic E-state index is -1.13. The van der Waals surface area contributed by atoms with Gasteiger partial charge in [-0.25, -0.2) is 4.79 Å². The number of benzene rings is 1. The van der Waals surface area contributed by atoms with E-state index in [1.165, 1.54) is 14.2 Å². The van der Waals surface area contributed by atoms with Gasteiger partial charge in [-0.15, -0.1) is 0 Å². The Kier molecular flexibility index (Phi) is 5.46. The van der Waals surface area contributed by atoms with Crippen molar-refractivity contribution in [3.63, 3.8) is 0 Å². The second kappa shape index (κ2) is 7.10. The molecule has 2 amide bonds. The van der Waals surface area contributed by atoms with Crippen molar-refractivity contribution in [2.75, 3.05) is 27.3 Å². The molecule has 0 fully saturated rings. The van der Waals surface area contributed by atoms with Gasteiger partial charge < -0.3 is 25.2 Å². The van der Waals surface area contributed by atoms with Crippen molar-refractivity contribution in [1.82, 2.24) is 10.6 Å². The number of methoxy groups -OCH3 is 2. The van der Waals surface area contributed by atoms with Crippen LogP contribution in [-0.2, 0) is 0 Å². The molecule has 3 N–H and O–H groups in total. The summed E-state index contributed by atoms with van der Waals surface area (Å²) < 4.78 is 10.2. The van der Waals surface area contributed by atoms with Crippen molar-refractivity contribution in [3.05, 3.63) is 23.8 Å². The van der Waals surface area contributed by atoms with Crippen LogP contribution in [0.25, 0.3) is 0 Å². The molecule has 7 heteroatoms. The molecular formula is C12H16N2O5. The number of nitrogens with one attached hydrogen (secondary N) is 2. The number of carbonyl (C=O) groups excluding carboxylic acids is 1. The zero-order valence-corrected chi connectivity index (χ0v) is 10.7. The van der Waals surface area contributed by atoms with Gasteiger partial charge in [0.15, 0.2) is 11.5 Å². The summed E-state index contributed by atoms with van der Waals surface area (Å²) in [5, 5.41) is 13.1. The van der Waals surface area contributed by atoms with Crippen molar-refractivity contribution in [2.24, 2.45) is 0 Å². The predicted octanol–water partition coefficient (Wildman–Crippen LogP) is 0.701. The highest BCUT2D eigenvalue weighted by Crippen LogP contribution is 2.30. The fourth-order valence-corrected chi connectivity index (χ4v) is 1.51. The maximum Gasteiger partial charge on any atom is 0.404 e. The van der Waals surface area contributed by atoms with Crippen molar-refractivity contribution < 1.29 is 24.2 Å². The highest BCUT2D eigenvalue weighted by atomic mass is 16.5. The molecule has 0 spiro atoms. The van der Waals surface area contributed by atoms with Crippen LogP contribution in [0.5, 0.6) is 11.5 Å². The third-order valence-electron chi connectivity index (χ3n) is 2.33. The molecule has 0 aliphatic rings. The topological polar surface area (TPSA) is 96.9 Å². The van der Waals surface area contributed by atoms with E-state index in [1.807, 2.05) is 0 Å². The van der Waals surface area contributed by atoms with Gasteiger partial charge >= 0.3 is 6.09 Å². The molecule has 1 aromatic rings. The molecule has 104 valence electrons. The molecule has 7 nitrogen and oxygen atoms in total. The fraction of sp³-hybridized carbons (Fsp3) is 0.333. The van der Waals surface area contributed by atoms with Gasteiger partial charge in [-0.05, 0) is 12.1 Å². The number of hydrogen-bond acceptors (Lipinski definition) is 4. The zero-order valence-electron chi connectivity index (χ0n) is 10.7. The Morgan fingerprint density at radius 2 is 1.84 bits per heavy atom. The van der Waals surface area contributed by atoms with Crippen molar-refractivity contribution in [2.45, 2.75) is 0 Å². The Labute approximate surface area is 110 Å². The van der Waals surface area contributed by atoms with Gasteiger partial charge in [-0.3, -0.25) is 4.79 Å². The number of para-hydroxylation sites is 1. The molecule has 19 heavy (non-hydrogen) atoms. The van der Waals surface area contributed by atoms with E-state index in [9.17, 15) is 9.59 Å². The predicted molar refractivity (Wildman–Crippen MR) is 67.9 cm³/mol. The largest absolute Gasteiger partial charge is 0.493 e. The lowest BCUT2D eigenvalue weighted by atomic mass is 10.1. The van der Waals surface area contributed by atoms with E-state index in [2.05, 4.69) is 10.6 Å². The van der Waals surface area contributed by atoms with Crippen LogP contribution in [0.4, 0.5) is 4.79 Å². The van der Waals surface area contributed by atoms with Gasteiger partial charge in [0, 0.05) is 13.1 Å². The van der Waals surface area contributed by atoms with E-state index in [0.29, 0.717) is 17.1 Å². The minimum Gasteiger partial charge on any atom is -0.493 e. The van der Waals surface area contributed by atoms with E-state index in [4.69, 9.17) is 14.6 Å². The maximum atomic E-state index is 11.9. The van der Waals surface area contributed by atoms with E-state index >= 15 is 0 Å². The molecule has 0 saturated heterocycles. The molecule has 0 atom stereocenters. The maximum absolute atomic E-state index is 11.9. The number of rotatable bonds is 6. The van der Waals surface area contributed by atoms with Crippen LogP contribution < -0.4 is 20.1 Å². The molecule has 0 saturated carbocycles. The summed E-state index contributed by atoms with van der Waals surface area (Å²) in [6.07, 6.45) is -1.13. The summed E-state index contributed by atoms with van der Waals surface area (Å²) in [6.45, 7) is 0.318. The molecule has 0 unspecified atom stereocenters. The summed E-state index contributed by atoms with van der Waals surface area (Å²) in [5.74, 6) is 0.440. The quantitative estimate of drug-likeness (QED) is 0.660. The molecule has 0 aromatic heterocycles. The first-order valence-corrected chi connectivity index (χ1v) is 5.56. The number of hydrogen-bond donors (Lipinski definition) is 3. The molecule has 1 aromatic carbocycles. The summed E-state index contributed by atoms with van der Waals surface area (Å²) in [7, 11) is 2.93. The Bertz CT molecular complexity index is 461. The molecule has 0 radical (unpaired) electrons. The Balaban J connectivity index is 2.68. The van der Waals surface area contributed by atoms with Crippen LogP contribution >= 0.6 is 0 Å². The van der Waals surface area contributed by atoms with E-state index < -0.39 is 6.09 Å². The van der Waals surface area contributed by atoms with Crippen LogP contribution in [0, 0.1) is 0 Å². The van der Waals surface area contributed by atoms with Gasteiger partial charge in [-0.1, -0.05) is 6.07 Å². The van der Waals surface area contributed by atoms with Crippen LogP contribution in [0.15, 0.2) is 18.2 Å². The lowest BCUT2D eigenvalue weighted by Gasteiger charge is -2.12. The molecular weight excluding hydrogens is 252 g/mol. The molecule has 0 heterocycles. The number of ether oxygens (including phenoxy) is 2. The summed E-state index contributed by atoms with van der Waals surface area (Å²) in [6, 6.07) is 4.95. The minimum absolute atomic E-state index is 0.132. The summed E-state index contributed by atoms with van der Waals surface area (Å²) in [4.78, 5) is 22.2. The van der Waals surface area contributed by atoms with Gasteiger partial charge in [0.2, 0.25) is 0 Å². The van der Waals surface area contributed by atoms with Crippen LogP contribution in [-0.4, -0.2) is 44.4 Å². The lowest BCUT2D eigenvalue weighted by Crippen LogP contribution is -2.34. The van der Waals surface area contributed by atoms with Crippen molar-refractivity contribution in [1.29, 1.82) is 0 Å². The first-order valence-electron chi connectivity index (χ1n) is 5.56. The van der Waals surface area contributed by atoms with Crippen LogP contribution in [0.1, 0.15) is 10.4 Å². The third-order valence-corrected chi connectivity index (χ3v) is 2.33. The Morgan fingerprint density at radius 3 is 2.42 bits per heavy atom. The molecule has 0 bridgehead atoms. The zero-order chi connectivity index (χ0) is 14.3. The van der Waals surface area contributed by atoms with E-state index in [0.717, 1.165) is 0 Å². The fourth-order valence-electron chi connectivity index (χ4n) is 1.51. The third kappa shape index (κ3) is 4.06. The van der Waals surface area contributed by atoms with E-state index in [-0.39, 0.29) is 19.0 Å². The second-order valence-corrected chi connectivity index (χ2v) is 3.53. The molecule has 0 aliphatic carbocycles. The molecule has 1 rings (SSSR count). The number of amides is 2. The van der Waals surface area contributed by atoms with Crippen molar-refractivity contribution in [3.8, 4) is 11.5 Å². The normalized spacial score (nSPS) is 9.58. The monoisotopic (exact) mass is 268 g/mol. The average molecular weight is 268 g/mol. The van der Waals surface area contributed by atoms with Crippen LogP contribution in [0.3, 0.4) is 0 Å². The highest BCUT2D eigenvalue weighted by Gasteiger charge is 2.15. The lowest BCUT2D eigenvalue weighted by molar-refractivity contribution is 0.0949. The smallest absolute Gasteiger partial charge is 0.404 e. The average Bonchev–Trinajstić information content (AvgIpc) is 2.42. The Hall–Kier alpha value is -2.44. The standard InChI is InChI=1S/C12H16N2O5/c1-18-9-5-3-4-8(10(9)19-2)11(15)13-6-7-14-12(16)17/h3-5,14H,6-7H2,1-2H3,(H,13,15)(H,16,17). The highest BCUT2D eigenvalue weighted by molar-refractivity contribution is 5.97.